The highest BCUT2D eigenvalue weighted by molar-refractivity contribution is 14.1. The molecule has 0 radical (unpaired) electrons. The molecule has 4 aliphatic rings. The van der Waals surface area contributed by atoms with Crippen molar-refractivity contribution in [1.82, 2.24) is 48.5 Å². The average molecular weight is 1060 g/mol. The molecule has 2 saturated heterocycles. The highest BCUT2D eigenvalue weighted by Gasteiger charge is 2.37. The van der Waals surface area contributed by atoms with Crippen molar-refractivity contribution in [2.75, 3.05) is 50.9 Å². The third-order valence-corrected chi connectivity index (χ3v) is 13.0. The zero-order chi connectivity index (χ0) is 49.6. The first kappa shape index (κ1) is 47.8. The van der Waals surface area contributed by atoms with Gasteiger partial charge in [-0.2, -0.15) is 10.2 Å². The van der Waals surface area contributed by atoms with Gasteiger partial charge < -0.3 is 41.0 Å². The van der Waals surface area contributed by atoms with Crippen molar-refractivity contribution in [1.29, 1.82) is 0 Å². The van der Waals surface area contributed by atoms with Gasteiger partial charge in [0.2, 0.25) is 11.8 Å². The van der Waals surface area contributed by atoms with Crippen LogP contribution < -0.4 is 22.1 Å². The molecule has 2 aromatic carbocycles. The van der Waals surface area contributed by atoms with E-state index in [1.807, 2.05) is 4.57 Å². The zero-order valence-electron chi connectivity index (χ0n) is 37.1. The Morgan fingerprint density at radius 2 is 1.14 bits per heavy atom. The number of hydrogen-bond acceptors (Lipinski definition) is 10. The van der Waals surface area contributed by atoms with Crippen molar-refractivity contribution in [2.24, 2.45) is 11.5 Å². The van der Waals surface area contributed by atoms with Crippen LogP contribution in [0.3, 0.4) is 0 Å². The van der Waals surface area contributed by atoms with Crippen LogP contribution in [0.15, 0.2) is 50.1 Å². The Balaban J connectivity index is 0.000000154. The molecular formula is C46H43F4IN14O4. The van der Waals surface area contributed by atoms with Crippen molar-refractivity contribution >= 4 is 79.9 Å². The zero-order valence-corrected chi connectivity index (χ0v) is 39.2. The van der Waals surface area contributed by atoms with E-state index in [-0.39, 0.29) is 67.1 Å². The number of nitrogens with zero attached hydrogens (tertiary/aromatic N) is 10. The Morgan fingerprint density at radius 3 is 1.57 bits per heavy atom. The minimum Gasteiger partial charge on any atom is -0.373 e. The first-order valence-electron chi connectivity index (χ1n) is 21.4. The number of aromatic nitrogens is 8. The van der Waals surface area contributed by atoms with E-state index in [4.69, 9.17) is 17.9 Å². The van der Waals surface area contributed by atoms with Crippen LogP contribution >= 0.6 is 22.6 Å². The molecule has 0 atom stereocenters. The van der Waals surface area contributed by atoms with E-state index in [9.17, 15) is 32.3 Å². The number of hydrogen-bond donors (Lipinski definition) is 4. The fraction of sp³-hybridized carbons (Fsp3) is 0.304. The molecule has 6 heterocycles. The van der Waals surface area contributed by atoms with E-state index in [1.165, 1.54) is 35.3 Å². The number of primary amides is 2. The number of nitrogens with one attached hydrogen (secondary N) is 2. The fourth-order valence-electron chi connectivity index (χ4n) is 8.07. The summed E-state index contributed by atoms with van der Waals surface area (Å²) in [6.07, 6.45) is 15.0. The molecule has 4 aromatic heterocycles. The summed E-state index contributed by atoms with van der Waals surface area (Å²) in [5, 5.41) is 14.4. The molecule has 2 saturated carbocycles. The van der Waals surface area contributed by atoms with Gasteiger partial charge in [0.05, 0.1) is 44.9 Å². The summed E-state index contributed by atoms with van der Waals surface area (Å²) in [6, 6.07) is 2.92. The topological polar surface area (TPSA) is 222 Å². The van der Waals surface area contributed by atoms with Crippen molar-refractivity contribution in [3.63, 3.8) is 0 Å². The quantitative estimate of drug-likeness (QED) is 0.0483. The smallest absolute Gasteiger partial charge is 0.255 e. The molecule has 18 nitrogen and oxygen atoms in total. The lowest BCUT2D eigenvalue weighted by atomic mass is 10.1. The SMILES string of the molecule is C#Cc1nn(C2CN(C(=O)C=C)C2)c(NC)c1C(N)=O.C=CC(=O)N1CC(n2nc(C#Cc3c(F)cc4c(ncn4C4CC4)c3F)c(C(N)=O)c2NC)C1.Fc1cc2c(ncn2C2CC2)c(F)c1I. The Kier molecular flexibility index (Phi) is 13.3. The second kappa shape index (κ2) is 19.1. The molecular weight excluding hydrogens is 1020 g/mol. The molecule has 23 heteroatoms. The lowest BCUT2D eigenvalue weighted by Gasteiger charge is -2.39. The summed E-state index contributed by atoms with van der Waals surface area (Å²) in [4.78, 5) is 58.1. The van der Waals surface area contributed by atoms with Crippen LogP contribution in [0.2, 0.25) is 0 Å². The van der Waals surface area contributed by atoms with Gasteiger partial charge in [-0.05, 0) is 72.3 Å². The van der Waals surface area contributed by atoms with Crippen LogP contribution in [0.1, 0.15) is 87.5 Å². The van der Waals surface area contributed by atoms with Crippen LogP contribution in [-0.2, 0) is 9.59 Å². The molecule has 4 fully saturated rings. The van der Waals surface area contributed by atoms with Gasteiger partial charge in [0.15, 0.2) is 17.3 Å². The number of likely N-dealkylation sites (tertiary alicyclic amines) is 2. The number of rotatable bonds is 10. The molecule has 2 aliphatic heterocycles. The first-order valence-corrected chi connectivity index (χ1v) is 22.5. The highest BCUT2D eigenvalue weighted by atomic mass is 127. The maximum atomic E-state index is 15.1. The number of carbonyl (C=O) groups excluding carboxylic acids is 4. The summed E-state index contributed by atoms with van der Waals surface area (Å²) in [6.45, 7) is 8.59. The van der Waals surface area contributed by atoms with Gasteiger partial charge in [0.25, 0.3) is 11.8 Å². The molecule has 0 bridgehead atoms. The number of halogens is 5. The average Bonchev–Trinajstić information content (AvgIpc) is 4.17. The molecule has 2 aliphatic carbocycles. The van der Waals surface area contributed by atoms with Crippen LogP contribution in [-0.4, -0.2) is 112 Å². The first-order chi connectivity index (χ1) is 33.0. The summed E-state index contributed by atoms with van der Waals surface area (Å²) in [7, 11) is 3.25. The summed E-state index contributed by atoms with van der Waals surface area (Å²) < 4.78 is 63.7. The minimum absolute atomic E-state index is 0.00315. The van der Waals surface area contributed by atoms with E-state index in [0.717, 1.165) is 25.7 Å². The predicted molar refractivity (Wildman–Crippen MR) is 255 cm³/mol. The Morgan fingerprint density at radius 1 is 0.710 bits per heavy atom. The van der Waals surface area contributed by atoms with Crippen LogP contribution in [0.5, 0.6) is 0 Å². The molecule has 6 aromatic rings. The van der Waals surface area contributed by atoms with Gasteiger partial charge in [-0.25, -0.2) is 36.9 Å². The van der Waals surface area contributed by atoms with Crippen LogP contribution in [0, 0.1) is 51.0 Å². The van der Waals surface area contributed by atoms with Gasteiger partial charge in [0.1, 0.15) is 51.1 Å². The number of carbonyl (C=O) groups is 4. The maximum absolute atomic E-state index is 15.1. The number of benzene rings is 2. The standard InChI is InChI=1S/C23H21F2N7O2.C13H15N5O2.C10H7F2IN2/c1-3-18(33)30-9-13(10-30)32-23(27-2)19(22(26)34)16(29-32)7-6-14-15(24)8-17-21(20(14)25)28-11-31(17)12-4-5-12;1-4-9-11(12(14)20)13(15-3)18(16-9)8-6-17(7-8)10(19)5-2;11-6-3-7-10(8(12)9(6)13)14-4-15(7)5-1-2-5/h3,8,11-13,27H,1,4-5,9-10H2,2H3,(H2,26,34);1,5,8,15H,2,6-7H2,3H3,(H2,14,20);3-5H,1-2H2. The Labute approximate surface area is 404 Å². The largest absolute Gasteiger partial charge is 0.373 e. The van der Waals surface area contributed by atoms with E-state index >= 15 is 4.39 Å². The molecule has 356 valence electrons. The van der Waals surface area contributed by atoms with E-state index in [0.29, 0.717) is 54.9 Å². The van der Waals surface area contributed by atoms with Crippen LogP contribution in [0.25, 0.3) is 22.1 Å². The minimum atomic E-state index is -0.867. The number of imidazole rings is 2. The lowest BCUT2D eigenvalue weighted by Crippen LogP contribution is -2.50. The fourth-order valence-corrected chi connectivity index (χ4v) is 8.48. The molecule has 69 heavy (non-hydrogen) atoms. The van der Waals surface area contributed by atoms with Gasteiger partial charge in [0, 0.05) is 64.5 Å². The molecule has 10 rings (SSSR count). The van der Waals surface area contributed by atoms with E-state index in [1.54, 1.807) is 62.1 Å². The second-order valence-corrected chi connectivity index (χ2v) is 17.5. The third kappa shape index (κ3) is 8.96. The number of fused-ring (bicyclic) bond motifs is 2. The lowest BCUT2D eigenvalue weighted by molar-refractivity contribution is -0.132. The van der Waals surface area contributed by atoms with E-state index in [2.05, 4.69) is 61.7 Å². The van der Waals surface area contributed by atoms with Crippen molar-refractivity contribution in [3.05, 3.63) is 105 Å². The van der Waals surface area contributed by atoms with Gasteiger partial charge in [-0.1, -0.05) is 19.1 Å². The Bertz CT molecular complexity index is 3230. The highest BCUT2D eigenvalue weighted by Crippen LogP contribution is 2.39. The molecule has 4 amide bonds. The number of amides is 4. The summed E-state index contributed by atoms with van der Waals surface area (Å²) in [5.41, 5.74) is 12.1. The molecule has 0 spiro atoms. The monoisotopic (exact) mass is 1060 g/mol. The second-order valence-electron chi connectivity index (χ2n) is 16.4. The normalized spacial score (nSPS) is 15.3. The maximum Gasteiger partial charge on any atom is 0.255 e. The summed E-state index contributed by atoms with van der Waals surface area (Å²) >= 11 is 1.66. The van der Waals surface area contributed by atoms with Crippen molar-refractivity contribution < 1.29 is 36.7 Å². The predicted octanol–water partition coefficient (Wildman–Crippen LogP) is 4.78. The number of anilines is 2. The molecule has 6 N–H and O–H groups in total. The Hall–Kier alpha value is -7.67. The number of nitrogens with two attached hydrogens (primary N) is 2. The molecule has 0 unspecified atom stereocenters. The third-order valence-electron chi connectivity index (χ3n) is 12.0. The van der Waals surface area contributed by atoms with Gasteiger partial charge >= 0.3 is 0 Å². The van der Waals surface area contributed by atoms with Gasteiger partial charge in [-0.3, -0.25) is 19.2 Å². The number of terminal acetylenes is 1. The van der Waals surface area contributed by atoms with Crippen molar-refractivity contribution in [2.45, 2.75) is 49.9 Å². The van der Waals surface area contributed by atoms with Crippen LogP contribution in [0.4, 0.5) is 29.2 Å². The summed E-state index contributed by atoms with van der Waals surface area (Å²) in [5.74, 6) is 3.69. The van der Waals surface area contributed by atoms with E-state index < -0.39 is 40.6 Å². The van der Waals surface area contributed by atoms with Crippen molar-refractivity contribution in [3.8, 4) is 24.2 Å². The van der Waals surface area contributed by atoms with Gasteiger partial charge in [-0.15, -0.1) is 6.42 Å².